The molecule has 13 heavy (non-hydrogen) atoms. The molecule has 0 bridgehead atoms. The second kappa shape index (κ2) is 2.97. The van der Waals surface area contributed by atoms with Crippen LogP contribution in [0.4, 0.5) is 0 Å². The number of amidine groups is 1. The van der Waals surface area contributed by atoms with Gasteiger partial charge in [0, 0.05) is 0 Å². The first-order valence-corrected chi connectivity index (χ1v) is 3.92. The number of aromatic nitrogens is 3. The molecule has 0 saturated carbocycles. The average molecular weight is 174 g/mol. The van der Waals surface area contributed by atoms with Gasteiger partial charge in [-0.15, -0.1) is 0 Å². The second-order valence-corrected chi connectivity index (χ2v) is 2.81. The first-order valence-electron chi connectivity index (χ1n) is 3.92. The summed E-state index contributed by atoms with van der Waals surface area (Å²) in [5, 5.41) is 13.3. The summed E-state index contributed by atoms with van der Waals surface area (Å²) in [4.78, 5) is 0. The Morgan fingerprint density at radius 1 is 1.69 bits per heavy atom. The van der Waals surface area contributed by atoms with Gasteiger partial charge in [-0.2, -0.15) is 0 Å². The van der Waals surface area contributed by atoms with Crippen molar-refractivity contribution in [3.8, 4) is 0 Å². The second-order valence-electron chi connectivity index (χ2n) is 2.81. The van der Waals surface area contributed by atoms with Crippen LogP contribution < -0.4 is 11.1 Å². The van der Waals surface area contributed by atoms with Crippen LogP contribution in [0.1, 0.15) is 0 Å². The minimum absolute atomic E-state index is 0.329. The van der Waals surface area contributed by atoms with Crippen LogP contribution in [0.15, 0.2) is 18.1 Å². The predicted molar refractivity (Wildman–Crippen MR) is 50.0 cm³/mol. The van der Waals surface area contributed by atoms with Crippen LogP contribution in [0, 0.1) is 0 Å². The van der Waals surface area contributed by atoms with Crippen molar-refractivity contribution in [3.05, 3.63) is 18.1 Å². The molecule has 0 aliphatic carbocycles. The molecular weight excluding hydrogens is 165 g/mol. The zero-order valence-corrected chi connectivity index (χ0v) is 7.01. The molecule has 0 amide bonds. The Bertz CT molecular complexity index is 449. The molecule has 4 N–H and O–H groups in total. The van der Waals surface area contributed by atoms with Crippen molar-refractivity contribution in [2.24, 2.45) is 5.73 Å². The monoisotopic (exact) mass is 174 g/mol. The fraction of sp³-hybridized carbons (Fsp3) is 0.143. The first kappa shape index (κ1) is 7.91. The first-order chi connectivity index (χ1) is 6.27. The molecule has 2 rings (SSSR count). The van der Waals surface area contributed by atoms with Crippen molar-refractivity contribution in [1.29, 1.82) is 0 Å². The van der Waals surface area contributed by atoms with Crippen LogP contribution in [-0.2, 0) is 6.54 Å². The Morgan fingerprint density at radius 2 is 2.54 bits per heavy atom. The molecule has 0 saturated heterocycles. The van der Waals surface area contributed by atoms with Gasteiger partial charge in [0.05, 0.1) is 0 Å². The quantitative estimate of drug-likeness (QED) is 0.403. The molecule has 0 atom stereocenters. The summed E-state index contributed by atoms with van der Waals surface area (Å²) < 4.78 is 1.67. The summed E-state index contributed by atoms with van der Waals surface area (Å²) in [6, 6.07) is 3.85. The Balaban J connectivity index is 2.51. The van der Waals surface area contributed by atoms with E-state index in [-0.39, 0.29) is 0 Å². The van der Waals surface area contributed by atoms with Crippen LogP contribution in [0.2, 0.25) is 0 Å². The third-order valence-electron chi connectivity index (χ3n) is 1.75. The van der Waals surface area contributed by atoms with E-state index in [9.17, 15) is 0 Å². The van der Waals surface area contributed by atoms with Crippen molar-refractivity contribution in [1.82, 2.24) is 15.0 Å². The topological polar surface area (TPSA) is 82.3 Å². The molecule has 0 radical (unpaired) electrons. The van der Waals surface area contributed by atoms with E-state index in [1.807, 2.05) is 25.0 Å². The summed E-state index contributed by atoms with van der Waals surface area (Å²) >= 11 is 0. The Morgan fingerprint density at radius 3 is 3.31 bits per heavy atom. The number of rotatable bonds is 2. The molecular formula is C7H9BN5+. The Kier molecular flexibility index (Phi) is 1.81. The van der Waals surface area contributed by atoms with Crippen molar-refractivity contribution >= 4 is 23.7 Å². The van der Waals surface area contributed by atoms with E-state index >= 15 is 0 Å². The fourth-order valence-electron chi connectivity index (χ4n) is 1.21. The van der Waals surface area contributed by atoms with Gasteiger partial charge in [-0.3, -0.25) is 0 Å². The molecule has 0 fully saturated rings. The molecule has 2 aromatic rings. The summed E-state index contributed by atoms with van der Waals surface area (Å²) in [5.41, 5.74) is 7.17. The summed E-state index contributed by atoms with van der Waals surface area (Å²) in [6.45, 7) is 2.30. The number of nitrogens with two attached hydrogens (primary N) is 2. The van der Waals surface area contributed by atoms with E-state index < -0.39 is 0 Å². The maximum absolute atomic E-state index is 5.38. The van der Waals surface area contributed by atoms with Crippen molar-refractivity contribution < 1.29 is 5.41 Å². The third-order valence-corrected chi connectivity index (χ3v) is 1.75. The number of hydrogen-bond acceptors (Lipinski definition) is 2. The van der Waals surface area contributed by atoms with E-state index in [4.69, 9.17) is 11.1 Å². The van der Waals surface area contributed by atoms with Gasteiger partial charge in [0.15, 0.2) is 0 Å². The van der Waals surface area contributed by atoms with Crippen LogP contribution >= 0.6 is 0 Å². The zero-order chi connectivity index (χ0) is 9.26. The standard InChI is InChI=1S/C7H8BN5/c9-6(10)4-13-5-2-1-3-8-7(5)11-12-13/h1-3H,4H2,(H3,9,10)/p+1. The van der Waals surface area contributed by atoms with Gasteiger partial charge in [-0.1, -0.05) is 0 Å². The molecule has 0 aliphatic rings. The van der Waals surface area contributed by atoms with E-state index in [1.54, 1.807) is 4.68 Å². The molecule has 0 unspecified atom stereocenters. The Labute approximate surface area is 75.3 Å². The van der Waals surface area contributed by atoms with Gasteiger partial charge in [0.2, 0.25) is 0 Å². The maximum atomic E-state index is 5.38. The van der Waals surface area contributed by atoms with Gasteiger partial charge in [0.1, 0.15) is 0 Å². The molecule has 2 aromatic heterocycles. The van der Waals surface area contributed by atoms with Gasteiger partial charge in [0.25, 0.3) is 0 Å². The van der Waals surface area contributed by atoms with Crippen molar-refractivity contribution in [2.75, 3.05) is 0 Å². The van der Waals surface area contributed by atoms with Gasteiger partial charge in [-0.25, -0.2) is 0 Å². The minimum atomic E-state index is 0.329. The molecule has 2 heterocycles. The van der Waals surface area contributed by atoms with Gasteiger partial charge in [-0.05, 0) is 0 Å². The summed E-state index contributed by atoms with van der Waals surface area (Å²) in [6.07, 6.45) is 0. The Hall–Kier alpha value is -1.72. The summed E-state index contributed by atoms with van der Waals surface area (Å²) in [7, 11) is 0. The van der Waals surface area contributed by atoms with E-state index in [2.05, 4.69) is 10.3 Å². The molecule has 64 valence electrons. The molecule has 5 nitrogen and oxygen atoms in total. The predicted octanol–water partition coefficient (Wildman–Crippen LogP) is -2.11. The van der Waals surface area contributed by atoms with Crippen LogP contribution in [0.5, 0.6) is 0 Å². The number of fused-ring (bicyclic) bond motifs is 1. The fourth-order valence-corrected chi connectivity index (χ4v) is 1.21. The molecule has 0 spiro atoms. The van der Waals surface area contributed by atoms with Gasteiger partial charge < -0.3 is 0 Å². The molecule has 0 aliphatic heterocycles. The van der Waals surface area contributed by atoms with E-state index in [0.717, 1.165) is 10.9 Å². The third kappa shape index (κ3) is 1.42. The van der Waals surface area contributed by atoms with Gasteiger partial charge >= 0.3 is 74.5 Å². The zero-order valence-electron chi connectivity index (χ0n) is 7.01. The summed E-state index contributed by atoms with van der Waals surface area (Å²) in [5.74, 6) is 2.24. The van der Waals surface area contributed by atoms with E-state index in [1.165, 1.54) is 0 Å². The van der Waals surface area contributed by atoms with Crippen LogP contribution in [0.3, 0.4) is 0 Å². The van der Waals surface area contributed by atoms with Crippen LogP contribution in [-0.4, -0.2) is 27.7 Å². The molecule has 6 heteroatoms. The molecule has 0 aromatic carbocycles. The van der Waals surface area contributed by atoms with E-state index in [0.29, 0.717) is 12.4 Å². The average Bonchev–Trinajstić information content (AvgIpc) is 2.48. The number of nitrogens with zero attached hydrogens (tertiary/aromatic N) is 3. The van der Waals surface area contributed by atoms with Crippen molar-refractivity contribution in [2.45, 2.75) is 6.54 Å². The van der Waals surface area contributed by atoms with Crippen molar-refractivity contribution in [3.63, 3.8) is 0 Å². The van der Waals surface area contributed by atoms with Crippen LogP contribution in [0.25, 0.3) is 10.9 Å². The normalized spacial score (nSPS) is 10.2. The SMILES string of the molecule is NC(=[NH2+])Cn1nnc2bcccc21. The number of hydrogen-bond donors (Lipinski definition) is 2.